The predicted octanol–water partition coefficient (Wildman–Crippen LogP) is 0.164. The molecule has 0 radical (unpaired) electrons. The molecule has 100 valence electrons. The molecule has 2 aliphatic rings. The number of carbonyl (C=O) groups is 1. The van der Waals surface area contributed by atoms with Crippen molar-refractivity contribution in [3.8, 4) is 5.75 Å². The lowest BCUT2D eigenvalue weighted by Crippen LogP contribution is -2.69. The van der Waals surface area contributed by atoms with E-state index in [2.05, 4.69) is 32.0 Å². The lowest BCUT2D eigenvalue weighted by atomic mass is 10.2. The predicted molar refractivity (Wildman–Crippen MR) is 77.8 cm³/mol. The summed E-state index contributed by atoms with van der Waals surface area (Å²) < 4.78 is 6.48. The molecule has 1 aromatic carbocycles. The summed E-state index contributed by atoms with van der Waals surface area (Å²) in [6.07, 6.45) is 6.07. The fourth-order valence-corrected chi connectivity index (χ4v) is 2.43. The molecule has 0 spiro atoms. The third kappa shape index (κ3) is 2.61. The van der Waals surface area contributed by atoms with Gasteiger partial charge in [0.05, 0.1) is 12.1 Å². The highest BCUT2D eigenvalue weighted by molar-refractivity contribution is 9.10. The third-order valence-corrected chi connectivity index (χ3v) is 3.53. The van der Waals surface area contributed by atoms with Crippen LogP contribution in [0.1, 0.15) is 10.4 Å². The van der Waals surface area contributed by atoms with Crippen molar-refractivity contribution < 1.29 is 14.5 Å². The molecule has 0 fully saturated rings. The second-order valence-corrected chi connectivity index (χ2v) is 5.29. The van der Waals surface area contributed by atoms with Crippen LogP contribution in [0.4, 0.5) is 0 Å². The standard InChI is InChI=1S/C14H11BrN3O2/c15-10-2-3-12-11(8-10)14(19)18(6-7-20-12)9-13-16-4-1-5-17-13/h2-5,8H,6-7,9H2/q+1/p+1. The van der Waals surface area contributed by atoms with Crippen molar-refractivity contribution in [1.82, 2.24) is 4.90 Å². The molecule has 0 atom stereocenters. The van der Waals surface area contributed by atoms with Crippen molar-refractivity contribution in [2.45, 2.75) is 0 Å². The number of benzene rings is 1. The van der Waals surface area contributed by atoms with Gasteiger partial charge in [0.2, 0.25) is 0 Å². The number of amidine groups is 1. The molecule has 2 aliphatic heterocycles. The highest BCUT2D eigenvalue weighted by Crippen LogP contribution is 2.26. The van der Waals surface area contributed by atoms with E-state index in [-0.39, 0.29) is 5.91 Å². The first-order valence-electron chi connectivity index (χ1n) is 6.18. The highest BCUT2D eigenvalue weighted by atomic mass is 79.9. The Balaban J connectivity index is 1.87. The number of hydrogen-bond donors (Lipinski definition) is 1. The van der Waals surface area contributed by atoms with E-state index in [9.17, 15) is 4.79 Å². The molecule has 3 rings (SSSR count). The number of hydrogen-bond acceptors (Lipinski definition) is 3. The third-order valence-electron chi connectivity index (χ3n) is 3.04. The maximum atomic E-state index is 12.6. The van der Waals surface area contributed by atoms with E-state index >= 15 is 0 Å². The van der Waals surface area contributed by atoms with Gasteiger partial charge in [0.25, 0.3) is 5.91 Å². The molecule has 5 nitrogen and oxygen atoms in total. The minimum atomic E-state index is -0.0539. The van der Waals surface area contributed by atoms with Crippen molar-refractivity contribution in [3.63, 3.8) is 0 Å². The van der Waals surface area contributed by atoms with Crippen LogP contribution in [0.15, 0.2) is 33.9 Å². The Morgan fingerprint density at radius 1 is 1.50 bits per heavy atom. The Kier molecular flexibility index (Phi) is 3.58. The van der Waals surface area contributed by atoms with Gasteiger partial charge in [-0.2, -0.15) is 0 Å². The van der Waals surface area contributed by atoms with Gasteiger partial charge < -0.3 is 9.64 Å². The quantitative estimate of drug-likeness (QED) is 0.784. The summed E-state index contributed by atoms with van der Waals surface area (Å²) in [6.45, 7) is 1.42. The average molecular weight is 334 g/mol. The number of nitrogens with zero attached hydrogens (tertiary/aromatic N) is 2. The fourth-order valence-electron chi connectivity index (χ4n) is 2.07. The zero-order valence-electron chi connectivity index (χ0n) is 10.6. The van der Waals surface area contributed by atoms with Gasteiger partial charge >= 0.3 is 24.3 Å². The molecular weight excluding hydrogens is 322 g/mol. The second-order valence-electron chi connectivity index (χ2n) is 4.38. The van der Waals surface area contributed by atoms with Crippen LogP contribution in [-0.4, -0.2) is 42.6 Å². The first-order chi connectivity index (χ1) is 9.74. The summed E-state index contributed by atoms with van der Waals surface area (Å²) >= 11 is 3.38. The van der Waals surface area contributed by atoms with Crippen molar-refractivity contribution in [2.75, 3.05) is 19.7 Å². The number of nitrogens with one attached hydrogen (secondary N) is 1. The molecule has 0 bridgehead atoms. The molecular formula is C14H12BrN3O2+2. The maximum Gasteiger partial charge on any atom is 0.381 e. The van der Waals surface area contributed by atoms with Crippen molar-refractivity contribution in [1.29, 1.82) is 0 Å². The Bertz CT molecular complexity index is 637. The molecule has 6 heteroatoms. The molecule has 0 saturated carbocycles. The molecule has 0 saturated heterocycles. The van der Waals surface area contributed by atoms with E-state index < -0.39 is 0 Å². The number of halogens is 1. The largest absolute Gasteiger partial charge is 0.491 e. The summed E-state index contributed by atoms with van der Waals surface area (Å²) in [6, 6.07) is 5.46. The molecule has 20 heavy (non-hydrogen) atoms. The van der Waals surface area contributed by atoms with Crippen molar-refractivity contribution in [2.24, 2.45) is 4.99 Å². The number of ether oxygens (including phenoxy) is 1. The van der Waals surface area contributed by atoms with Crippen LogP contribution in [0.25, 0.3) is 0 Å². The normalized spacial score (nSPS) is 16.9. The zero-order chi connectivity index (χ0) is 13.9. The van der Waals surface area contributed by atoms with E-state index in [4.69, 9.17) is 4.74 Å². The average Bonchev–Trinajstić information content (AvgIpc) is 2.61. The number of fused-ring (bicyclic) bond motifs is 1. The SMILES string of the molecule is O=C1c2cc(Br)ccc2OCCN1CC1=[NH+]C=[C+]C=N1. The van der Waals surface area contributed by atoms with Gasteiger partial charge in [0.15, 0.2) is 0 Å². The fraction of sp³-hybridized carbons (Fsp3) is 0.214. The lowest BCUT2D eigenvalue weighted by molar-refractivity contribution is -0.376. The van der Waals surface area contributed by atoms with Gasteiger partial charge in [-0.25, -0.2) is 4.99 Å². The first-order valence-corrected chi connectivity index (χ1v) is 6.97. The van der Waals surface area contributed by atoms with Crippen LogP contribution in [0.3, 0.4) is 0 Å². The Labute approximate surface area is 124 Å². The van der Waals surface area contributed by atoms with Crippen molar-refractivity contribution >= 4 is 33.9 Å². The van der Waals surface area contributed by atoms with Crippen LogP contribution >= 0.6 is 15.9 Å². The van der Waals surface area contributed by atoms with Gasteiger partial charge in [-0.3, -0.25) is 4.79 Å². The summed E-state index contributed by atoms with van der Waals surface area (Å²) in [5, 5.41) is 0. The number of rotatable bonds is 2. The summed E-state index contributed by atoms with van der Waals surface area (Å²) in [5.41, 5.74) is 0.569. The smallest absolute Gasteiger partial charge is 0.381 e. The van der Waals surface area contributed by atoms with Crippen LogP contribution in [-0.2, 0) is 0 Å². The number of allylic oxidation sites excluding steroid dienone is 1. The Morgan fingerprint density at radius 2 is 2.40 bits per heavy atom. The molecule has 1 N–H and O–H groups in total. The Hall–Kier alpha value is -2.04. The van der Waals surface area contributed by atoms with E-state index in [1.807, 2.05) is 12.1 Å². The zero-order valence-corrected chi connectivity index (χ0v) is 12.2. The lowest BCUT2D eigenvalue weighted by Gasteiger charge is -2.16. The molecule has 0 unspecified atom stereocenters. The maximum absolute atomic E-state index is 12.6. The summed E-state index contributed by atoms with van der Waals surface area (Å²) in [5.74, 6) is 1.29. The van der Waals surface area contributed by atoms with E-state index in [1.165, 1.54) is 0 Å². The molecule has 0 aliphatic carbocycles. The monoisotopic (exact) mass is 333 g/mol. The van der Waals surface area contributed by atoms with Crippen LogP contribution in [0, 0.1) is 6.08 Å². The minimum Gasteiger partial charge on any atom is -0.491 e. The highest BCUT2D eigenvalue weighted by Gasteiger charge is 2.27. The van der Waals surface area contributed by atoms with E-state index in [0.717, 1.165) is 10.3 Å². The van der Waals surface area contributed by atoms with Gasteiger partial charge in [0.1, 0.15) is 18.9 Å². The number of aliphatic imine (C=N–C) groups is 1. The molecule has 1 aromatic rings. The second kappa shape index (κ2) is 5.53. The first kappa shape index (κ1) is 13.0. The Morgan fingerprint density at radius 3 is 3.20 bits per heavy atom. The number of carbonyl (C=O) groups excluding carboxylic acids is 1. The van der Waals surface area contributed by atoms with Crippen LogP contribution < -0.4 is 9.73 Å². The van der Waals surface area contributed by atoms with Crippen LogP contribution in [0.2, 0.25) is 0 Å². The molecule has 0 aromatic heterocycles. The van der Waals surface area contributed by atoms with E-state index in [0.29, 0.717) is 31.0 Å². The van der Waals surface area contributed by atoms with Gasteiger partial charge in [0, 0.05) is 9.47 Å². The van der Waals surface area contributed by atoms with Gasteiger partial charge in [-0.15, -0.1) is 0 Å². The summed E-state index contributed by atoms with van der Waals surface area (Å²) in [7, 11) is 0. The molecule has 2 heterocycles. The summed E-state index contributed by atoms with van der Waals surface area (Å²) in [4.78, 5) is 21.4. The molecule has 1 amide bonds. The van der Waals surface area contributed by atoms with Gasteiger partial charge in [-0.05, 0) is 18.2 Å². The van der Waals surface area contributed by atoms with Crippen molar-refractivity contribution in [3.05, 3.63) is 40.5 Å². The topological polar surface area (TPSA) is 55.9 Å². The number of amides is 1. The van der Waals surface area contributed by atoms with E-state index in [1.54, 1.807) is 23.4 Å². The van der Waals surface area contributed by atoms with Gasteiger partial charge in [-0.1, -0.05) is 15.9 Å². The minimum absolute atomic E-state index is 0.0539. The van der Waals surface area contributed by atoms with Crippen LogP contribution in [0.5, 0.6) is 5.75 Å².